The molecular formula is C15H18F3N3O2S. The summed E-state index contributed by atoms with van der Waals surface area (Å²) in [4.78, 5) is 3.31. The van der Waals surface area contributed by atoms with Crippen LogP contribution >= 0.6 is 0 Å². The van der Waals surface area contributed by atoms with Crippen molar-refractivity contribution in [2.24, 2.45) is 0 Å². The molecule has 24 heavy (non-hydrogen) atoms. The Morgan fingerprint density at radius 2 is 1.92 bits per heavy atom. The topological polar surface area (TPSA) is 68.0 Å². The minimum Gasteiger partial charge on any atom is -0.359 e. The summed E-state index contributed by atoms with van der Waals surface area (Å²) < 4.78 is 57.9. The van der Waals surface area contributed by atoms with Crippen LogP contribution in [0.3, 0.4) is 0 Å². The highest BCUT2D eigenvalue weighted by Crippen LogP contribution is 2.31. The third-order valence-electron chi connectivity index (χ3n) is 3.14. The van der Waals surface area contributed by atoms with Crippen LogP contribution < -0.4 is 4.72 Å². The average molecular weight is 361 g/mol. The average Bonchev–Trinajstić information content (AvgIpc) is 2.95. The lowest BCUT2D eigenvalue weighted by atomic mass is 10.1. The maximum absolute atomic E-state index is 12.7. The normalized spacial score (nSPS) is 15.3. The predicted octanol–water partition coefficient (Wildman–Crippen LogP) is 3.87. The number of nitrogens with one attached hydrogen (secondary N) is 1. The number of aromatic nitrogens is 2. The SMILES string of the molecule is CC(NS(=O)C(C)(C)C)c1cc(-c2ccnc(C(F)(F)F)c2)no1. The maximum Gasteiger partial charge on any atom is 0.433 e. The minimum atomic E-state index is -4.53. The molecule has 0 aliphatic rings. The molecule has 2 atom stereocenters. The molecule has 2 unspecified atom stereocenters. The van der Waals surface area contributed by atoms with Crippen LogP contribution in [0.5, 0.6) is 0 Å². The number of hydrogen-bond acceptors (Lipinski definition) is 4. The van der Waals surface area contributed by atoms with Gasteiger partial charge in [-0.05, 0) is 39.8 Å². The van der Waals surface area contributed by atoms with E-state index < -0.39 is 33.6 Å². The molecule has 132 valence electrons. The molecule has 5 nitrogen and oxygen atoms in total. The molecule has 0 aliphatic carbocycles. The van der Waals surface area contributed by atoms with Gasteiger partial charge >= 0.3 is 6.18 Å². The van der Waals surface area contributed by atoms with Gasteiger partial charge in [0.1, 0.15) is 11.4 Å². The maximum atomic E-state index is 12.7. The third-order valence-corrected chi connectivity index (χ3v) is 4.82. The number of nitrogens with zero attached hydrogens (tertiary/aromatic N) is 2. The fraction of sp³-hybridized carbons (Fsp3) is 0.467. The number of hydrogen-bond donors (Lipinski definition) is 1. The van der Waals surface area contributed by atoms with Crippen LogP contribution in [0.1, 0.15) is 45.2 Å². The molecule has 2 aromatic heterocycles. The zero-order chi connectivity index (χ0) is 18.1. The van der Waals surface area contributed by atoms with Crippen LogP contribution in [0.25, 0.3) is 11.3 Å². The van der Waals surface area contributed by atoms with E-state index in [-0.39, 0.29) is 11.3 Å². The Kier molecular flexibility index (Phi) is 5.14. The van der Waals surface area contributed by atoms with E-state index >= 15 is 0 Å². The highest BCUT2D eigenvalue weighted by Gasteiger charge is 2.32. The van der Waals surface area contributed by atoms with Gasteiger partial charge in [0.25, 0.3) is 0 Å². The van der Waals surface area contributed by atoms with Crippen molar-refractivity contribution in [1.29, 1.82) is 0 Å². The van der Waals surface area contributed by atoms with E-state index in [9.17, 15) is 17.4 Å². The molecule has 0 aromatic carbocycles. The molecule has 1 N–H and O–H groups in total. The van der Waals surface area contributed by atoms with E-state index in [2.05, 4.69) is 14.9 Å². The second kappa shape index (κ2) is 6.64. The van der Waals surface area contributed by atoms with Gasteiger partial charge in [-0.2, -0.15) is 13.2 Å². The second-order valence-corrected chi connectivity index (χ2v) is 8.26. The van der Waals surface area contributed by atoms with Crippen molar-refractivity contribution in [3.8, 4) is 11.3 Å². The fourth-order valence-electron chi connectivity index (χ4n) is 1.77. The first-order valence-electron chi connectivity index (χ1n) is 7.17. The first-order valence-corrected chi connectivity index (χ1v) is 8.32. The van der Waals surface area contributed by atoms with Crippen LogP contribution in [-0.2, 0) is 17.2 Å². The molecule has 2 aromatic rings. The van der Waals surface area contributed by atoms with Gasteiger partial charge in [0.05, 0.1) is 21.8 Å². The molecule has 0 aliphatic heterocycles. The van der Waals surface area contributed by atoms with Crippen molar-refractivity contribution in [1.82, 2.24) is 14.9 Å². The molecular weight excluding hydrogens is 343 g/mol. The molecule has 9 heteroatoms. The van der Waals surface area contributed by atoms with Crippen LogP contribution in [0.15, 0.2) is 28.9 Å². The summed E-state index contributed by atoms with van der Waals surface area (Å²) in [7, 11) is -1.32. The smallest absolute Gasteiger partial charge is 0.359 e. The second-order valence-electron chi connectivity index (χ2n) is 6.26. The zero-order valence-electron chi connectivity index (χ0n) is 13.6. The van der Waals surface area contributed by atoms with Crippen molar-refractivity contribution >= 4 is 11.0 Å². The van der Waals surface area contributed by atoms with Crippen molar-refractivity contribution in [2.45, 2.75) is 44.7 Å². The van der Waals surface area contributed by atoms with Crippen molar-refractivity contribution < 1.29 is 21.9 Å². The molecule has 0 fully saturated rings. The van der Waals surface area contributed by atoms with Gasteiger partial charge in [-0.1, -0.05) is 5.16 Å². The first kappa shape index (κ1) is 18.6. The number of halogens is 3. The summed E-state index contributed by atoms with van der Waals surface area (Å²) in [5, 5.41) is 3.79. The van der Waals surface area contributed by atoms with Gasteiger partial charge in [-0.25, -0.2) is 8.93 Å². The lowest BCUT2D eigenvalue weighted by molar-refractivity contribution is -0.141. The van der Waals surface area contributed by atoms with Gasteiger partial charge < -0.3 is 4.52 Å². The number of rotatable bonds is 4. The summed E-state index contributed by atoms with van der Waals surface area (Å²) in [6.07, 6.45) is -3.45. The molecule has 0 radical (unpaired) electrons. The molecule has 0 bridgehead atoms. The van der Waals surface area contributed by atoms with E-state index in [4.69, 9.17) is 4.52 Å². The molecule has 0 saturated carbocycles. The van der Waals surface area contributed by atoms with Gasteiger partial charge in [0, 0.05) is 17.8 Å². The summed E-state index contributed by atoms with van der Waals surface area (Å²) in [6.45, 7) is 7.21. The highest BCUT2D eigenvalue weighted by molar-refractivity contribution is 7.84. The van der Waals surface area contributed by atoms with E-state index in [0.717, 1.165) is 12.3 Å². The molecule has 0 saturated heterocycles. The Hall–Kier alpha value is -1.74. The van der Waals surface area contributed by atoms with Crippen LogP contribution in [0.2, 0.25) is 0 Å². The quantitative estimate of drug-likeness (QED) is 0.898. The molecule has 2 heterocycles. The minimum absolute atomic E-state index is 0.247. The van der Waals surface area contributed by atoms with Gasteiger partial charge in [-0.15, -0.1) is 0 Å². The van der Waals surface area contributed by atoms with E-state index in [1.54, 1.807) is 6.92 Å². The molecule has 2 rings (SSSR count). The monoisotopic (exact) mass is 361 g/mol. The number of pyridine rings is 1. The standard InChI is InChI=1S/C15H18F3N3O2S/c1-9(21-24(22)14(2,3)4)12-8-11(20-23-12)10-5-6-19-13(7-10)15(16,17)18/h5-9,21H,1-4H3. The summed E-state index contributed by atoms with van der Waals surface area (Å²) >= 11 is 0. The van der Waals surface area contributed by atoms with Gasteiger partial charge in [0.2, 0.25) is 0 Å². The van der Waals surface area contributed by atoms with Gasteiger partial charge in [0.15, 0.2) is 5.76 Å². The zero-order valence-corrected chi connectivity index (χ0v) is 14.5. The van der Waals surface area contributed by atoms with Crippen LogP contribution in [0.4, 0.5) is 13.2 Å². The lowest BCUT2D eigenvalue weighted by Crippen LogP contribution is -2.34. The fourth-order valence-corrected chi connectivity index (χ4v) is 2.56. The largest absolute Gasteiger partial charge is 0.433 e. The summed E-state index contributed by atoms with van der Waals surface area (Å²) in [6, 6.07) is 3.44. The van der Waals surface area contributed by atoms with Crippen molar-refractivity contribution in [3.05, 3.63) is 35.9 Å². The van der Waals surface area contributed by atoms with E-state index in [0.29, 0.717) is 5.76 Å². The van der Waals surface area contributed by atoms with E-state index in [1.165, 1.54) is 12.1 Å². The number of alkyl halides is 3. The molecule has 0 spiro atoms. The van der Waals surface area contributed by atoms with Crippen molar-refractivity contribution in [3.63, 3.8) is 0 Å². The summed E-state index contributed by atoms with van der Waals surface area (Å²) in [5.41, 5.74) is -0.492. The lowest BCUT2D eigenvalue weighted by Gasteiger charge is -2.20. The Bertz CT molecular complexity index is 738. The van der Waals surface area contributed by atoms with Crippen LogP contribution in [0, 0.1) is 0 Å². The Labute approximate surface area is 140 Å². The first-order chi connectivity index (χ1) is 11.0. The Morgan fingerprint density at radius 3 is 2.50 bits per heavy atom. The van der Waals surface area contributed by atoms with Crippen molar-refractivity contribution in [2.75, 3.05) is 0 Å². The van der Waals surface area contributed by atoms with Crippen LogP contribution in [-0.4, -0.2) is 19.1 Å². The predicted molar refractivity (Wildman–Crippen MR) is 84.2 cm³/mol. The summed E-state index contributed by atoms with van der Waals surface area (Å²) in [5.74, 6) is 0.382. The third kappa shape index (κ3) is 4.41. The highest BCUT2D eigenvalue weighted by atomic mass is 32.2. The van der Waals surface area contributed by atoms with E-state index in [1.807, 2.05) is 20.8 Å². The Morgan fingerprint density at radius 1 is 1.25 bits per heavy atom. The Balaban J connectivity index is 2.21. The van der Waals surface area contributed by atoms with Gasteiger partial charge in [-0.3, -0.25) is 4.98 Å². The molecule has 0 amide bonds.